The summed E-state index contributed by atoms with van der Waals surface area (Å²) in [5, 5.41) is 0.663. The highest BCUT2D eigenvalue weighted by Gasteiger charge is 2.44. The molecule has 0 unspecified atom stereocenters. The average molecular weight is 238 g/mol. The number of anilines is 1. The number of aromatic nitrogens is 2. The van der Waals surface area contributed by atoms with Crippen molar-refractivity contribution < 1.29 is 0 Å². The minimum absolute atomic E-state index is 0.646. The first kappa shape index (κ1) is 10.3. The van der Waals surface area contributed by atoms with E-state index in [9.17, 15) is 0 Å². The van der Waals surface area contributed by atoms with E-state index >= 15 is 0 Å². The standard InChI is InChI=1S/C12H16ClN3/c1-16(12-10(13)6-14-7-15-12)11(8-2-3-8)9-4-5-9/h6-9,11H,2-5H2,1H3. The average Bonchev–Trinajstić information content (AvgIpc) is 3.13. The molecule has 3 rings (SSSR count). The summed E-state index contributed by atoms with van der Waals surface area (Å²) in [6.07, 6.45) is 8.73. The smallest absolute Gasteiger partial charge is 0.150 e. The second-order valence-corrected chi connectivity index (χ2v) is 5.38. The van der Waals surface area contributed by atoms with Gasteiger partial charge in [0.25, 0.3) is 0 Å². The first-order valence-corrected chi connectivity index (χ1v) is 6.33. The van der Waals surface area contributed by atoms with Gasteiger partial charge in [-0.1, -0.05) is 11.6 Å². The van der Waals surface area contributed by atoms with Gasteiger partial charge in [-0.15, -0.1) is 0 Å². The third-order valence-corrected chi connectivity index (χ3v) is 3.91. The van der Waals surface area contributed by atoms with Gasteiger partial charge in [-0.2, -0.15) is 0 Å². The van der Waals surface area contributed by atoms with E-state index in [-0.39, 0.29) is 0 Å². The highest BCUT2D eigenvalue weighted by molar-refractivity contribution is 6.32. The van der Waals surface area contributed by atoms with Crippen LogP contribution in [0, 0.1) is 11.8 Å². The molecule has 86 valence electrons. The van der Waals surface area contributed by atoms with Crippen molar-refractivity contribution in [2.75, 3.05) is 11.9 Å². The zero-order chi connectivity index (χ0) is 11.1. The lowest BCUT2D eigenvalue weighted by molar-refractivity contribution is 0.500. The third kappa shape index (κ3) is 1.88. The predicted molar refractivity (Wildman–Crippen MR) is 64.7 cm³/mol. The molecule has 0 bridgehead atoms. The Morgan fingerprint density at radius 2 is 1.94 bits per heavy atom. The Balaban J connectivity index is 1.84. The van der Waals surface area contributed by atoms with Crippen molar-refractivity contribution in [2.45, 2.75) is 31.7 Å². The minimum Gasteiger partial charge on any atom is -0.355 e. The van der Waals surface area contributed by atoms with Gasteiger partial charge < -0.3 is 4.90 Å². The summed E-state index contributed by atoms with van der Waals surface area (Å²) in [6, 6.07) is 0.646. The summed E-state index contributed by atoms with van der Waals surface area (Å²) < 4.78 is 0. The van der Waals surface area contributed by atoms with Crippen LogP contribution in [0.1, 0.15) is 25.7 Å². The molecule has 0 atom stereocenters. The van der Waals surface area contributed by atoms with Crippen LogP contribution >= 0.6 is 11.6 Å². The van der Waals surface area contributed by atoms with Crippen LogP contribution in [0.5, 0.6) is 0 Å². The molecule has 3 nitrogen and oxygen atoms in total. The van der Waals surface area contributed by atoms with Gasteiger partial charge in [0.1, 0.15) is 11.3 Å². The Hall–Kier alpha value is -0.830. The molecule has 0 aliphatic heterocycles. The number of rotatable bonds is 4. The fraction of sp³-hybridized carbons (Fsp3) is 0.667. The lowest BCUT2D eigenvalue weighted by atomic mass is 10.1. The lowest BCUT2D eigenvalue weighted by Crippen LogP contribution is -2.36. The Labute approximate surface area is 101 Å². The Morgan fingerprint density at radius 3 is 2.44 bits per heavy atom. The van der Waals surface area contributed by atoms with Gasteiger partial charge in [0.05, 0.1) is 6.20 Å². The van der Waals surface area contributed by atoms with Crippen LogP contribution in [0.15, 0.2) is 12.5 Å². The van der Waals surface area contributed by atoms with Crippen molar-refractivity contribution in [2.24, 2.45) is 11.8 Å². The van der Waals surface area contributed by atoms with Gasteiger partial charge in [-0.3, -0.25) is 0 Å². The van der Waals surface area contributed by atoms with Gasteiger partial charge in [0.2, 0.25) is 0 Å². The molecule has 1 heterocycles. The zero-order valence-corrected chi connectivity index (χ0v) is 10.2. The summed E-state index contributed by atoms with van der Waals surface area (Å²) >= 11 is 6.15. The van der Waals surface area contributed by atoms with Crippen molar-refractivity contribution in [3.8, 4) is 0 Å². The van der Waals surface area contributed by atoms with Crippen LogP contribution in [0.3, 0.4) is 0 Å². The SMILES string of the molecule is CN(c1ncncc1Cl)C(C1CC1)C1CC1. The van der Waals surface area contributed by atoms with Crippen LogP contribution in [0.4, 0.5) is 5.82 Å². The largest absolute Gasteiger partial charge is 0.355 e. The van der Waals surface area contributed by atoms with Crippen LogP contribution in [-0.4, -0.2) is 23.1 Å². The Morgan fingerprint density at radius 1 is 1.31 bits per heavy atom. The van der Waals surface area contributed by atoms with Gasteiger partial charge in [-0.25, -0.2) is 9.97 Å². The second-order valence-electron chi connectivity index (χ2n) is 4.97. The summed E-state index contributed by atoms with van der Waals surface area (Å²) in [4.78, 5) is 10.5. The van der Waals surface area contributed by atoms with Gasteiger partial charge >= 0.3 is 0 Å². The predicted octanol–water partition coefficient (Wildman–Crippen LogP) is 2.75. The van der Waals surface area contributed by atoms with E-state index < -0.39 is 0 Å². The molecule has 2 fully saturated rings. The Bertz CT molecular complexity index is 376. The quantitative estimate of drug-likeness (QED) is 0.807. The molecule has 16 heavy (non-hydrogen) atoms. The maximum Gasteiger partial charge on any atom is 0.150 e. The van der Waals surface area contributed by atoms with E-state index in [4.69, 9.17) is 11.6 Å². The van der Waals surface area contributed by atoms with E-state index in [2.05, 4.69) is 21.9 Å². The molecule has 0 radical (unpaired) electrons. The summed E-state index contributed by atoms with van der Waals surface area (Å²) in [7, 11) is 2.12. The number of nitrogens with zero attached hydrogens (tertiary/aromatic N) is 3. The van der Waals surface area contributed by atoms with E-state index in [1.54, 1.807) is 12.5 Å². The van der Waals surface area contributed by atoms with Crippen molar-refractivity contribution in [3.63, 3.8) is 0 Å². The van der Waals surface area contributed by atoms with E-state index in [0.717, 1.165) is 17.7 Å². The van der Waals surface area contributed by atoms with Crippen LogP contribution in [-0.2, 0) is 0 Å². The highest BCUT2D eigenvalue weighted by Crippen LogP contribution is 2.48. The number of hydrogen-bond acceptors (Lipinski definition) is 3. The van der Waals surface area contributed by atoms with E-state index in [0.29, 0.717) is 11.1 Å². The van der Waals surface area contributed by atoms with Gasteiger partial charge in [0, 0.05) is 13.1 Å². The zero-order valence-electron chi connectivity index (χ0n) is 9.43. The van der Waals surface area contributed by atoms with Crippen molar-refractivity contribution >= 4 is 17.4 Å². The van der Waals surface area contributed by atoms with Crippen molar-refractivity contribution in [1.82, 2.24) is 9.97 Å². The minimum atomic E-state index is 0.646. The molecule has 1 aromatic rings. The summed E-state index contributed by atoms with van der Waals surface area (Å²) in [5.41, 5.74) is 0. The second kappa shape index (κ2) is 3.88. The molecule has 2 saturated carbocycles. The maximum atomic E-state index is 6.15. The molecule has 2 aliphatic carbocycles. The van der Waals surface area contributed by atoms with Crippen LogP contribution in [0.2, 0.25) is 5.02 Å². The number of halogens is 1. The summed E-state index contributed by atoms with van der Waals surface area (Å²) in [6.45, 7) is 0. The van der Waals surface area contributed by atoms with Gasteiger partial charge in [0.15, 0.2) is 5.82 Å². The molecule has 1 aromatic heterocycles. The van der Waals surface area contributed by atoms with E-state index in [1.807, 2.05) is 0 Å². The monoisotopic (exact) mass is 237 g/mol. The molecule has 0 aromatic carbocycles. The topological polar surface area (TPSA) is 29.0 Å². The lowest BCUT2D eigenvalue weighted by Gasteiger charge is -2.29. The summed E-state index contributed by atoms with van der Waals surface area (Å²) in [5.74, 6) is 2.62. The molecular weight excluding hydrogens is 222 g/mol. The van der Waals surface area contributed by atoms with E-state index in [1.165, 1.54) is 25.7 Å². The highest BCUT2D eigenvalue weighted by atomic mass is 35.5. The molecule has 0 amide bonds. The van der Waals surface area contributed by atoms with Gasteiger partial charge in [-0.05, 0) is 37.5 Å². The first-order chi connectivity index (χ1) is 7.77. The van der Waals surface area contributed by atoms with Crippen molar-refractivity contribution in [3.05, 3.63) is 17.5 Å². The van der Waals surface area contributed by atoms with Crippen LogP contribution in [0.25, 0.3) is 0 Å². The molecular formula is C12H16ClN3. The fourth-order valence-electron chi connectivity index (χ4n) is 2.60. The normalized spacial score (nSPS) is 20.2. The number of hydrogen-bond donors (Lipinski definition) is 0. The molecule has 0 N–H and O–H groups in total. The fourth-order valence-corrected chi connectivity index (χ4v) is 2.84. The third-order valence-electron chi connectivity index (χ3n) is 3.64. The Kier molecular flexibility index (Phi) is 2.51. The van der Waals surface area contributed by atoms with Crippen LogP contribution < -0.4 is 4.90 Å². The molecule has 2 aliphatic rings. The maximum absolute atomic E-state index is 6.15. The molecule has 0 saturated heterocycles. The first-order valence-electron chi connectivity index (χ1n) is 5.95. The molecule has 0 spiro atoms. The van der Waals surface area contributed by atoms with Crippen molar-refractivity contribution in [1.29, 1.82) is 0 Å². The molecule has 4 heteroatoms.